The number of methoxy groups -OCH3 is 1. The van der Waals surface area contributed by atoms with Gasteiger partial charge in [-0.2, -0.15) is 0 Å². The van der Waals surface area contributed by atoms with Crippen LogP contribution in [0, 0.1) is 5.41 Å². The predicted octanol–water partition coefficient (Wildman–Crippen LogP) is 1.52. The van der Waals surface area contributed by atoms with E-state index in [1.165, 1.54) is 45.4 Å². The van der Waals surface area contributed by atoms with Gasteiger partial charge in [0.1, 0.15) is 0 Å². The second kappa shape index (κ2) is 6.20. The van der Waals surface area contributed by atoms with E-state index in [2.05, 4.69) is 17.1 Å². The molecule has 3 nitrogen and oxygen atoms in total. The lowest BCUT2D eigenvalue weighted by Gasteiger charge is -2.41. The van der Waals surface area contributed by atoms with Gasteiger partial charge in [0.15, 0.2) is 0 Å². The number of hydrogen-bond donors (Lipinski definition) is 1. The van der Waals surface area contributed by atoms with Crippen LogP contribution < -0.4 is 5.32 Å². The summed E-state index contributed by atoms with van der Waals surface area (Å²) >= 11 is 0. The smallest absolute Gasteiger partial charge is 0.0615 e. The van der Waals surface area contributed by atoms with Gasteiger partial charge in [-0.25, -0.2) is 0 Å². The van der Waals surface area contributed by atoms with Crippen LogP contribution in [0.2, 0.25) is 0 Å². The molecule has 0 aromatic rings. The average Bonchev–Trinajstić information content (AvgIpc) is 2.68. The summed E-state index contributed by atoms with van der Waals surface area (Å²) in [6.45, 7) is 8.13. The van der Waals surface area contributed by atoms with Crippen molar-refractivity contribution in [2.24, 2.45) is 5.41 Å². The Morgan fingerprint density at radius 3 is 2.50 bits per heavy atom. The molecule has 16 heavy (non-hydrogen) atoms. The highest BCUT2D eigenvalue weighted by Gasteiger charge is 2.37. The van der Waals surface area contributed by atoms with Gasteiger partial charge in [-0.15, -0.1) is 12.4 Å². The van der Waals surface area contributed by atoms with E-state index in [4.69, 9.17) is 4.74 Å². The summed E-state index contributed by atoms with van der Waals surface area (Å²) in [5.41, 5.74) is 0.642. The van der Waals surface area contributed by atoms with Crippen LogP contribution in [0.25, 0.3) is 0 Å². The highest BCUT2D eigenvalue weighted by molar-refractivity contribution is 5.85. The average molecular weight is 249 g/mol. The Balaban J connectivity index is 0.00000128. The number of likely N-dealkylation sites (tertiary alicyclic amines) is 1. The lowest BCUT2D eigenvalue weighted by molar-refractivity contribution is 0.0492. The zero-order valence-electron chi connectivity index (χ0n) is 10.5. The molecule has 2 aliphatic rings. The maximum absolute atomic E-state index is 5.22. The summed E-state index contributed by atoms with van der Waals surface area (Å²) in [6, 6.07) is 0.585. The number of nitrogens with one attached hydrogen (secondary N) is 1. The second-order valence-electron chi connectivity index (χ2n) is 5.27. The number of rotatable bonds is 3. The Hall–Kier alpha value is 0.170. The number of hydrogen-bond acceptors (Lipinski definition) is 3. The van der Waals surface area contributed by atoms with Crippen LogP contribution >= 0.6 is 12.4 Å². The molecule has 2 heterocycles. The molecule has 1 unspecified atom stereocenters. The van der Waals surface area contributed by atoms with Gasteiger partial charge in [-0.3, -0.25) is 4.90 Å². The second-order valence-corrected chi connectivity index (χ2v) is 5.27. The van der Waals surface area contributed by atoms with Crippen molar-refractivity contribution in [1.82, 2.24) is 10.2 Å². The van der Waals surface area contributed by atoms with Crippen molar-refractivity contribution < 1.29 is 4.74 Å². The molecule has 1 atom stereocenters. The van der Waals surface area contributed by atoms with Crippen molar-refractivity contribution in [2.45, 2.75) is 32.2 Å². The van der Waals surface area contributed by atoms with Crippen LogP contribution in [-0.2, 0) is 4.74 Å². The van der Waals surface area contributed by atoms with E-state index in [0.29, 0.717) is 11.5 Å². The standard InChI is InChI=1S/C12H24N2O.ClH/c1-11(9-15-2)14-7-4-12(5-8-14)3-6-13-10-12;/h11,13H,3-10H2,1-2H3;1H. The third kappa shape index (κ3) is 3.10. The Kier molecular flexibility index (Phi) is 5.51. The fraction of sp³-hybridized carbons (Fsp3) is 1.00. The predicted molar refractivity (Wildman–Crippen MR) is 69.3 cm³/mol. The first kappa shape index (κ1) is 14.2. The summed E-state index contributed by atoms with van der Waals surface area (Å²) in [6.07, 6.45) is 4.13. The van der Waals surface area contributed by atoms with Crippen molar-refractivity contribution in [3.05, 3.63) is 0 Å². The van der Waals surface area contributed by atoms with Crippen molar-refractivity contribution in [1.29, 1.82) is 0 Å². The summed E-state index contributed by atoms with van der Waals surface area (Å²) in [4.78, 5) is 2.58. The molecule has 1 N–H and O–H groups in total. The monoisotopic (exact) mass is 248 g/mol. The maximum Gasteiger partial charge on any atom is 0.0615 e. The Morgan fingerprint density at radius 2 is 2.00 bits per heavy atom. The van der Waals surface area contributed by atoms with Crippen LogP contribution in [-0.4, -0.2) is 50.8 Å². The quantitative estimate of drug-likeness (QED) is 0.820. The molecule has 0 aromatic carbocycles. The molecular weight excluding hydrogens is 224 g/mol. The third-order valence-electron chi connectivity index (χ3n) is 4.22. The molecule has 0 saturated carbocycles. The van der Waals surface area contributed by atoms with Gasteiger partial charge >= 0.3 is 0 Å². The van der Waals surface area contributed by atoms with Gasteiger partial charge in [0, 0.05) is 19.7 Å². The normalized spacial score (nSPS) is 26.6. The van der Waals surface area contributed by atoms with E-state index in [-0.39, 0.29) is 12.4 Å². The maximum atomic E-state index is 5.22. The number of halogens is 1. The molecule has 2 saturated heterocycles. The minimum absolute atomic E-state index is 0. The molecule has 0 amide bonds. The summed E-state index contributed by atoms with van der Waals surface area (Å²) in [5.74, 6) is 0. The van der Waals surface area contributed by atoms with Gasteiger partial charge < -0.3 is 10.1 Å². The largest absolute Gasteiger partial charge is 0.383 e. The molecule has 4 heteroatoms. The molecule has 2 aliphatic heterocycles. The summed E-state index contributed by atoms with van der Waals surface area (Å²) in [5, 5.41) is 3.51. The zero-order valence-corrected chi connectivity index (χ0v) is 11.3. The molecule has 96 valence electrons. The molecule has 0 bridgehead atoms. The van der Waals surface area contributed by atoms with Crippen molar-refractivity contribution in [3.63, 3.8) is 0 Å². The highest BCUT2D eigenvalue weighted by Crippen LogP contribution is 2.37. The van der Waals surface area contributed by atoms with E-state index in [1.807, 2.05) is 0 Å². The fourth-order valence-electron chi connectivity index (χ4n) is 3.01. The van der Waals surface area contributed by atoms with Crippen LogP contribution in [0.15, 0.2) is 0 Å². The van der Waals surface area contributed by atoms with Crippen LogP contribution in [0.5, 0.6) is 0 Å². The first-order valence-electron chi connectivity index (χ1n) is 6.19. The highest BCUT2D eigenvalue weighted by atomic mass is 35.5. The first-order chi connectivity index (χ1) is 7.26. The lowest BCUT2D eigenvalue weighted by atomic mass is 9.77. The van der Waals surface area contributed by atoms with Crippen molar-refractivity contribution in [3.8, 4) is 0 Å². The van der Waals surface area contributed by atoms with Gasteiger partial charge in [-0.1, -0.05) is 0 Å². The summed E-state index contributed by atoms with van der Waals surface area (Å²) < 4.78 is 5.22. The first-order valence-corrected chi connectivity index (χ1v) is 6.19. The fourth-order valence-corrected chi connectivity index (χ4v) is 3.01. The van der Waals surface area contributed by atoms with Gasteiger partial charge in [0.25, 0.3) is 0 Å². The Bertz CT molecular complexity index is 197. The molecule has 0 aliphatic carbocycles. The Morgan fingerprint density at radius 1 is 1.31 bits per heavy atom. The number of nitrogens with zero attached hydrogens (tertiary/aromatic N) is 1. The molecular formula is C12H25ClN2O. The molecule has 0 aromatic heterocycles. The minimum Gasteiger partial charge on any atom is -0.383 e. The minimum atomic E-state index is 0. The van der Waals surface area contributed by atoms with E-state index in [0.717, 1.165) is 6.61 Å². The van der Waals surface area contributed by atoms with Crippen molar-refractivity contribution in [2.75, 3.05) is 39.9 Å². The van der Waals surface area contributed by atoms with E-state index >= 15 is 0 Å². The van der Waals surface area contributed by atoms with Crippen molar-refractivity contribution >= 4 is 12.4 Å². The molecule has 1 spiro atoms. The topological polar surface area (TPSA) is 24.5 Å². The third-order valence-corrected chi connectivity index (χ3v) is 4.22. The number of piperidine rings is 1. The zero-order chi connectivity index (χ0) is 10.7. The van der Waals surface area contributed by atoms with E-state index in [1.54, 1.807) is 7.11 Å². The van der Waals surface area contributed by atoms with Gasteiger partial charge in [0.2, 0.25) is 0 Å². The van der Waals surface area contributed by atoms with E-state index < -0.39 is 0 Å². The van der Waals surface area contributed by atoms with E-state index in [9.17, 15) is 0 Å². The number of ether oxygens (including phenoxy) is 1. The van der Waals surface area contributed by atoms with Gasteiger partial charge in [-0.05, 0) is 51.2 Å². The van der Waals surface area contributed by atoms with Crippen LogP contribution in [0.3, 0.4) is 0 Å². The molecule has 2 fully saturated rings. The lowest BCUT2D eigenvalue weighted by Crippen LogP contribution is -2.46. The van der Waals surface area contributed by atoms with Crippen LogP contribution in [0.4, 0.5) is 0 Å². The molecule has 0 radical (unpaired) electrons. The van der Waals surface area contributed by atoms with Crippen LogP contribution in [0.1, 0.15) is 26.2 Å². The summed E-state index contributed by atoms with van der Waals surface area (Å²) in [7, 11) is 1.79. The molecule has 2 rings (SSSR count). The van der Waals surface area contributed by atoms with Gasteiger partial charge in [0.05, 0.1) is 6.61 Å². The SMILES string of the molecule is COCC(C)N1CCC2(CCNC2)CC1.Cl. The Labute approximate surface area is 105 Å².